The maximum Gasteiger partial charge on any atom is 0.300 e. The Morgan fingerprint density at radius 1 is 1.43 bits per heavy atom. The summed E-state index contributed by atoms with van der Waals surface area (Å²) in [6.07, 6.45) is 2.02. The summed E-state index contributed by atoms with van der Waals surface area (Å²) < 4.78 is 8.61. The van der Waals surface area contributed by atoms with E-state index in [0.717, 1.165) is 20.9 Å². The molecule has 3 rings (SSSR count). The molecule has 0 aliphatic heterocycles. The monoisotopic (exact) mass is 347 g/mol. The van der Waals surface area contributed by atoms with Crippen LogP contribution in [0.15, 0.2) is 45.4 Å². The third-order valence-corrected chi connectivity index (χ3v) is 4.17. The Kier molecular flexibility index (Phi) is 3.57. The average Bonchev–Trinajstić information content (AvgIpc) is 3.05. The van der Waals surface area contributed by atoms with Crippen LogP contribution in [0.25, 0.3) is 10.9 Å². The summed E-state index contributed by atoms with van der Waals surface area (Å²) in [6.45, 7) is 2.47. The van der Waals surface area contributed by atoms with Crippen molar-refractivity contribution >= 4 is 32.7 Å². The number of halogens is 1. The molecule has 0 saturated heterocycles. The van der Waals surface area contributed by atoms with Crippen molar-refractivity contribution in [3.05, 3.63) is 58.1 Å². The first-order valence-electron chi connectivity index (χ1n) is 6.43. The van der Waals surface area contributed by atoms with Crippen LogP contribution in [0.1, 0.15) is 21.9 Å². The van der Waals surface area contributed by atoms with Crippen molar-refractivity contribution in [2.75, 3.05) is 0 Å². The maximum absolute atomic E-state index is 11.5. The molecule has 0 saturated carbocycles. The number of nitrogens with zero attached hydrogens (tertiary/aromatic N) is 1. The molecule has 0 unspecified atom stereocenters. The second-order valence-electron chi connectivity index (χ2n) is 4.78. The number of hydrazine groups is 1. The molecule has 0 aliphatic carbocycles. The molecule has 0 fully saturated rings. The summed E-state index contributed by atoms with van der Waals surface area (Å²) in [5, 5.41) is 1.15. The molecular weight excluding hydrogens is 334 g/mol. The molecule has 3 aromatic rings. The minimum absolute atomic E-state index is 0.225. The van der Waals surface area contributed by atoms with Gasteiger partial charge in [0.05, 0.1) is 6.54 Å². The largest absolute Gasteiger partial charge is 0.456 e. The molecule has 1 amide bonds. The van der Waals surface area contributed by atoms with Crippen LogP contribution >= 0.6 is 15.9 Å². The third-order valence-electron chi connectivity index (χ3n) is 3.48. The molecular formula is C15H14BrN3O2. The number of nitrogens with two attached hydrogens (primary N) is 1. The molecule has 0 spiro atoms. The fourth-order valence-corrected chi connectivity index (χ4v) is 2.86. The number of fused-ring (bicyclic) bond motifs is 1. The van der Waals surface area contributed by atoms with E-state index in [1.807, 2.05) is 25.3 Å². The smallest absolute Gasteiger partial charge is 0.300 e. The molecule has 3 N–H and O–H groups in total. The first-order chi connectivity index (χ1) is 10.1. The summed E-state index contributed by atoms with van der Waals surface area (Å²) in [5.41, 5.74) is 4.14. The van der Waals surface area contributed by atoms with Crippen LogP contribution in [0.4, 0.5) is 0 Å². The topological polar surface area (TPSA) is 73.2 Å². The highest BCUT2D eigenvalue weighted by Crippen LogP contribution is 2.26. The number of nitrogen functional groups attached to an aromatic ring is 1. The number of hydrogen-bond acceptors (Lipinski definition) is 3. The molecule has 5 nitrogen and oxygen atoms in total. The molecule has 6 heteroatoms. The number of aromatic nitrogens is 1. The van der Waals surface area contributed by atoms with E-state index in [-0.39, 0.29) is 5.76 Å². The van der Waals surface area contributed by atoms with Crippen molar-refractivity contribution in [1.82, 2.24) is 9.99 Å². The van der Waals surface area contributed by atoms with E-state index in [4.69, 9.17) is 10.3 Å². The van der Waals surface area contributed by atoms with Gasteiger partial charge in [0.25, 0.3) is 0 Å². The van der Waals surface area contributed by atoms with Gasteiger partial charge in [0.2, 0.25) is 0 Å². The zero-order valence-electron chi connectivity index (χ0n) is 11.4. The Morgan fingerprint density at radius 3 is 3.00 bits per heavy atom. The van der Waals surface area contributed by atoms with Crippen LogP contribution in [0.5, 0.6) is 0 Å². The lowest BCUT2D eigenvalue weighted by atomic mass is 10.2. The number of hydrogen-bond donors (Lipinski definition) is 2. The lowest BCUT2D eigenvalue weighted by molar-refractivity contribution is 0.0924. The van der Waals surface area contributed by atoms with Crippen LogP contribution in [-0.4, -0.2) is 10.5 Å². The molecule has 2 aromatic heterocycles. The van der Waals surface area contributed by atoms with Gasteiger partial charge in [-0.05, 0) is 31.2 Å². The molecule has 21 heavy (non-hydrogen) atoms. The quantitative estimate of drug-likeness (QED) is 0.434. The van der Waals surface area contributed by atoms with E-state index < -0.39 is 5.91 Å². The lowest BCUT2D eigenvalue weighted by Crippen LogP contribution is -2.29. The minimum Gasteiger partial charge on any atom is -0.456 e. The molecule has 2 heterocycles. The van der Waals surface area contributed by atoms with Crippen molar-refractivity contribution in [3.63, 3.8) is 0 Å². The number of furan rings is 1. The Balaban J connectivity index is 1.97. The molecule has 0 aliphatic rings. The van der Waals surface area contributed by atoms with Crippen molar-refractivity contribution in [2.45, 2.75) is 13.5 Å². The summed E-state index contributed by atoms with van der Waals surface area (Å²) >= 11 is 3.54. The van der Waals surface area contributed by atoms with Crippen molar-refractivity contribution in [3.8, 4) is 0 Å². The summed E-state index contributed by atoms with van der Waals surface area (Å²) in [5.74, 6) is 5.63. The number of nitrogens with one attached hydrogen (secondary N) is 1. The van der Waals surface area contributed by atoms with Crippen LogP contribution in [0, 0.1) is 6.92 Å². The Labute approximate surface area is 129 Å². The summed E-state index contributed by atoms with van der Waals surface area (Å²) in [4.78, 5) is 11.5. The van der Waals surface area contributed by atoms with Gasteiger partial charge in [-0.1, -0.05) is 22.0 Å². The molecule has 0 bridgehead atoms. The zero-order valence-corrected chi connectivity index (χ0v) is 13.0. The molecule has 0 atom stereocenters. The Hall–Kier alpha value is -2.05. The van der Waals surface area contributed by atoms with Crippen LogP contribution < -0.4 is 11.3 Å². The van der Waals surface area contributed by atoms with Crippen molar-refractivity contribution < 1.29 is 9.21 Å². The highest BCUT2D eigenvalue weighted by molar-refractivity contribution is 9.10. The van der Waals surface area contributed by atoms with Gasteiger partial charge in [-0.15, -0.1) is 0 Å². The van der Waals surface area contributed by atoms with E-state index >= 15 is 0 Å². The van der Waals surface area contributed by atoms with Gasteiger partial charge in [-0.2, -0.15) is 0 Å². The standard InChI is InChI=1S/C15H14BrN3O2/c1-9-10(7-14(21-9)15(20)18-17)8-19-6-5-11-12(16)3-2-4-13(11)19/h2-7H,8,17H2,1H3,(H,18,20). The first kappa shape index (κ1) is 13.9. The van der Waals surface area contributed by atoms with E-state index in [9.17, 15) is 4.79 Å². The SMILES string of the molecule is Cc1oc(C(=O)NN)cc1Cn1ccc2c(Br)cccc21. The van der Waals surface area contributed by atoms with Crippen molar-refractivity contribution in [2.24, 2.45) is 5.84 Å². The number of carbonyl (C=O) groups excluding carboxylic acids is 1. The van der Waals surface area contributed by atoms with Crippen molar-refractivity contribution in [1.29, 1.82) is 0 Å². The molecule has 108 valence electrons. The second-order valence-corrected chi connectivity index (χ2v) is 5.64. The second kappa shape index (κ2) is 5.38. The van der Waals surface area contributed by atoms with Gasteiger partial charge in [-0.3, -0.25) is 10.2 Å². The fraction of sp³-hybridized carbons (Fsp3) is 0.133. The zero-order chi connectivity index (χ0) is 15.0. The van der Waals surface area contributed by atoms with E-state index in [2.05, 4.69) is 38.1 Å². The minimum atomic E-state index is -0.426. The van der Waals surface area contributed by atoms with Crippen LogP contribution in [0.3, 0.4) is 0 Å². The van der Waals surface area contributed by atoms with Gasteiger partial charge in [-0.25, -0.2) is 5.84 Å². The van der Waals surface area contributed by atoms with Gasteiger partial charge < -0.3 is 8.98 Å². The van der Waals surface area contributed by atoms with Gasteiger partial charge in [0, 0.05) is 27.1 Å². The van der Waals surface area contributed by atoms with Gasteiger partial charge in [0.15, 0.2) is 5.76 Å². The number of aryl methyl sites for hydroxylation is 1. The third kappa shape index (κ3) is 2.48. The van der Waals surface area contributed by atoms with Gasteiger partial charge in [0.1, 0.15) is 5.76 Å². The normalized spacial score (nSPS) is 11.0. The predicted octanol–water partition coefficient (Wildman–Crippen LogP) is 2.96. The highest BCUT2D eigenvalue weighted by Gasteiger charge is 2.14. The van der Waals surface area contributed by atoms with E-state index in [0.29, 0.717) is 12.3 Å². The Morgan fingerprint density at radius 2 is 2.24 bits per heavy atom. The van der Waals surface area contributed by atoms with Gasteiger partial charge >= 0.3 is 5.91 Å². The number of amides is 1. The molecule has 1 aromatic carbocycles. The summed E-state index contributed by atoms with van der Waals surface area (Å²) in [7, 11) is 0. The van der Waals surface area contributed by atoms with E-state index in [1.165, 1.54) is 0 Å². The van der Waals surface area contributed by atoms with Crippen LogP contribution in [0.2, 0.25) is 0 Å². The van der Waals surface area contributed by atoms with Crippen LogP contribution in [-0.2, 0) is 6.54 Å². The fourth-order valence-electron chi connectivity index (χ4n) is 2.37. The lowest BCUT2D eigenvalue weighted by Gasteiger charge is -2.04. The predicted molar refractivity (Wildman–Crippen MR) is 83.8 cm³/mol. The number of benzene rings is 1. The number of carbonyl (C=O) groups is 1. The first-order valence-corrected chi connectivity index (χ1v) is 7.23. The number of rotatable bonds is 3. The highest BCUT2D eigenvalue weighted by atomic mass is 79.9. The average molecular weight is 348 g/mol. The Bertz CT molecular complexity index is 820. The van der Waals surface area contributed by atoms with E-state index in [1.54, 1.807) is 6.07 Å². The molecule has 0 radical (unpaired) electrons. The summed E-state index contributed by atoms with van der Waals surface area (Å²) in [6, 6.07) is 9.85. The maximum atomic E-state index is 11.5.